The Morgan fingerprint density at radius 1 is 1.14 bits per heavy atom. The van der Waals surface area contributed by atoms with Crippen LogP contribution in [-0.4, -0.2) is 4.98 Å². The Labute approximate surface area is 132 Å². The van der Waals surface area contributed by atoms with Crippen molar-refractivity contribution < 1.29 is 0 Å². The van der Waals surface area contributed by atoms with Gasteiger partial charge in [0.15, 0.2) is 0 Å². The second kappa shape index (κ2) is 5.80. The van der Waals surface area contributed by atoms with Crippen LogP contribution in [-0.2, 0) is 5.41 Å². The molecule has 1 heterocycles. The van der Waals surface area contributed by atoms with Crippen molar-refractivity contribution in [1.29, 1.82) is 0 Å². The summed E-state index contributed by atoms with van der Waals surface area (Å²) in [5.74, 6) is 0. The average molecular weight is 302 g/mol. The fraction of sp³-hybridized carbons (Fsp3) is 0.500. The molecule has 1 aromatic carbocycles. The molecule has 0 fully saturated rings. The molecule has 2 aromatic rings. The van der Waals surface area contributed by atoms with Gasteiger partial charge in [0.1, 0.15) is 0 Å². The SMILES string of the molecule is Cc1ccc(NC(C)c2sc(C(C)(C)C)nc2C)c(C)c1. The quantitative estimate of drug-likeness (QED) is 0.805. The normalized spacial score (nSPS) is 13.3. The van der Waals surface area contributed by atoms with E-state index >= 15 is 0 Å². The Balaban J connectivity index is 2.24. The van der Waals surface area contributed by atoms with E-state index in [2.05, 4.69) is 72.0 Å². The number of rotatable bonds is 3. The minimum absolute atomic E-state index is 0.118. The van der Waals surface area contributed by atoms with E-state index < -0.39 is 0 Å². The van der Waals surface area contributed by atoms with E-state index in [1.807, 2.05) is 11.3 Å². The molecule has 3 heteroatoms. The van der Waals surface area contributed by atoms with Crippen LogP contribution in [0.2, 0.25) is 0 Å². The number of benzene rings is 1. The molecule has 0 saturated heterocycles. The number of nitrogens with one attached hydrogen (secondary N) is 1. The predicted octanol–water partition coefficient (Wildman–Crippen LogP) is 5.54. The van der Waals surface area contributed by atoms with E-state index in [0.29, 0.717) is 0 Å². The molecule has 0 spiro atoms. The van der Waals surface area contributed by atoms with Crippen molar-refractivity contribution in [3.63, 3.8) is 0 Å². The molecule has 0 bridgehead atoms. The molecule has 0 radical (unpaired) electrons. The zero-order valence-corrected chi connectivity index (χ0v) is 15.0. The van der Waals surface area contributed by atoms with E-state index in [1.54, 1.807) is 0 Å². The molecule has 21 heavy (non-hydrogen) atoms. The summed E-state index contributed by atoms with van der Waals surface area (Å²) in [5, 5.41) is 4.84. The van der Waals surface area contributed by atoms with Crippen molar-refractivity contribution in [3.8, 4) is 0 Å². The molecule has 1 aromatic heterocycles. The van der Waals surface area contributed by atoms with Gasteiger partial charge in [0, 0.05) is 16.0 Å². The van der Waals surface area contributed by atoms with E-state index in [1.165, 1.54) is 26.7 Å². The first-order valence-electron chi connectivity index (χ1n) is 7.50. The molecule has 0 aliphatic carbocycles. The lowest BCUT2D eigenvalue weighted by atomic mass is 9.98. The molecular weight excluding hydrogens is 276 g/mol. The first kappa shape index (κ1) is 16.0. The highest BCUT2D eigenvalue weighted by atomic mass is 32.1. The Morgan fingerprint density at radius 2 is 1.81 bits per heavy atom. The number of thiazole rings is 1. The van der Waals surface area contributed by atoms with Crippen molar-refractivity contribution in [3.05, 3.63) is 44.9 Å². The molecule has 1 unspecified atom stereocenters. The van der Waals surface area contributed by atoms with Crippen molar-refractivity contribution in [1.82, 2.24) is 4.98 Å². The Morgan fingerprint density at radius 3 is 2.33 bits per heavy atom. The number of anilines is 1. The molecule has 0 aliphatic heterocycles. The topological polar surface area (TPSA) is 24.9 Å². The largest absolute Gasteiger partial charge is 0.377 e. The fourth-order valence-electron chi connectivity index (χ4n) is 2.41. The third kappa shape index (κ3) is 3.65. The molecule has 2 rings (SSSR count). The Kier molecular flexibility index (Phi) is 4.43. The van der Waals surface area contributed by atoms with Gasteiger partial charge in [-0.1, -0.05) is 38.5 Å². The summed E-state index contributed by atoms with van der Waals surface area (Å²) >= 11 is 1.83. The second-order valence-electron chi connectivity index (χ2n) is 6.90. The first-order chi connectivity index (χ1) is 9.68. The minimum Gasteiger partial charge on any atom is -0.377 e. The van der Waals surface area contributed by atoms with Crippen LogP contribution in [0.5, 0.6) is 0 Å². The van der Waals surface area contributed by atoms with Gasteiger partial charge < -0.3 is 5.32 Å². The smallest absolute Gasteiger partial charge is 0.0985 e. The Hall–Kier alpha value is -1.35. The fourth-order valence-corrected chi connectivity index (χ4v) is 3.53. The maximum atomic E-state index is 4.76. The van der Waals surface area contributed by atoms with Crippen LogP contribution in [0.25, 0.3) is 0 Å². The van der Waals surface area contributed by atoms with Crippen LogP contribution in [0.3, 0.4) is 0 Å². The van der Waals surface area contributed by atoms with Gasteiger partial charge in [0.25, 0.3) is 0 Å². The predicted molar refractivity (Wildman–Crippen MR) is 93.5 cm³/mol. The monoisotopic (exact) mass is 302 g/mol. The summed E-state index contributed by atoms with van der Waals surface area (Å²) in [6.45, 7) is 15.3. The van der Waals surface area contributed by atoms with Gasteiger partial charge in [-0.25, -0.2) is 4.98 Å². The molecule has 2 nitrogen and oxygen atoms in total. The van der Waals surface area contributed by atoms with Gasteiger partial charge >= 0.3 is 0 Å². The van der Waals surface area contributed by atoms with E-state index in [9.17, 15) is 0 Å². The van der Waals surface area contributed by atoms with Crippen molar-refractivity contribution in [2.75, 3.05) is 5.32 Å². The standard InChI is InChI=1S/C18H26N2S/c1-11-8-9-15(12(2)10-11)19-13(3)16-14(4)20-17(21-16)18(5,6)7/h8-10,13,19H,1-7H3. The Bertz CT molecular complexity index is 635. The third-order valence-electron chi connectivity index (χ3n) is 3.62. The van der Waals surface area contributed by atoms with Crippen LogP contribution in [0.15, 0.2) is 18.2 Å². The lowest BCUT2D eigenvalue weighted by Crippen LogP contribution is -2.10. The van der Waals surface area contributed by atoms with Gasteiger partial charge in [-0.3, -0.25) is 0 Å². The maximum absolute atomic E-state index is 4.76. The lowest BCUT2D eigenvalue weighted by Gasteiger charge is -2.17. The molecule has 1 N–H and O–H groups in total. The van der Waals surface area contributed by atoms with Gasteiger partial charge in [-0.05, 0) is 39.3 Å². The summed E-state index contributed by atoms with van der Waals surface area (Å²) in [7, 11) is 0. The molecule has 0 aliphatic rings. The molecular formula is C18H26N2S. The highest BCUT2D eigenvalue weighted by Crippen LogP contribution is 2.34. The van der Waals surface area contributed by atoms with Crippen LogP contribution in [0.4, 0.5) is 5.69 Å². The third-order valence-corrected chi connectivity index (χ3v) is 5.39. The molecule has 0 saturated carbocycles. The molecule has 1 atom stereocenters. The van der Waals surface area contributed by atoms with Crippen LogP contribution in [0.1, 0.15) is 60.4 Å². The van der Waals surface area contributed by atoms with Crippen molar-refractivity contribution in [2.24, 2.45) is 0 Å². The van der Waals surface area contributed by atoms with E-state index in [-0.39, 0.29) is 11.5 Å². The average Bonchev–Trinajstić information content (AvgIpc) is 2.75. The van der Waals surface area contributed by atoms with Crippen molar-refractivity contribution in [2.45, 2.75) is 59.9 Å². The van der Waals surface area contributed by atoms with Gasteiger partial charge in [0.05, 0.1) is 16.7 Å². The van der Waals surface area contributed by atoms with Gasteiger partial charge in [-0.15, -0.1) is 11.3 Å². The van der Waals surface area contributed by atoms with Crippen molar-refractivity contribution >= 4 is 17.0 Å². The number of hydrogen-bond donors (Lipinski definition) is 1. The van der Waals surface area contributed by atoms with Crippen LogP contribution >= 0.6 is 11.3 Å². The molecule has 114 valence electrons. The summed E-state index contributed by atoms with van der Waals surface area (Å²) in [5.41, 5.74) is 5.07. The highest BCUT2D eigenvalue weighted by molar-refractivity contribution is 7.12. The molecule has 0 amide bonds. The van der Waals surface area contributed by atoms with Gasteiger partial charge in [-0.2, -0.15) is 0 Å². The minimum atomic E-state index is 0.118. The number of aromatic nitrogens is 1. The number of aryl methyl sites for hydroxylation is 3. The maximum Gasteiger partial charge on any atom is 0.0985 e. The highest BCUT2D eigenvalue weighted by Gasteiger charge is 2.22. The van der Waals surface area contributed by atoms with Gasteiger partial charge in [0.2, 0.25) is 0 Å². The lowest BCUT2D eigenvalue weighted by molar-refractivity contribution is 0.584. The second-order valence-corrected chi connectivity index (χ2v) is 7.93. The summed E-state index contributed by atoms with van der Waals surface area (Å²) in [6, 6.07) is 6.82. The summed E-state index contributed by atoms with van der Waals surface area (Å²) in [6.07, 6.45) is 0. The first-order valence-corrected chi connectivity index (χ1v) is 8.31. The summed E-state index contributed by atoms with van der Waals surface area (Å²) < 4.78 is 0. The van der Waals surface area contributed by atoms with E-state index in [0.717, 1.165) is 5.69 Å². The van der Waals surface area contributed by atoms with E-state index in [4.69, 9.17) is 4.98 Å². The zero-order valence-electron chi connectivity index (χ0n) is 14.2. The summed E-state index contributed by atoms with van der Waals surface area (Å²) in [4.78, 5) is 6.09. The number of nitrogens with zero attached hydrogens (tertiary/aromatic N) is 1. The van der Waals surface area contributed by atoms with Crippen LogP contribution < -0.4 is 5.32 Å². The number of hydrogen-bond acceptors (Lipinski definition) is 3. The van der Waals surface area contributed by atoms with Crippen LogP contribution in [0, 0.1) is 20.8 Å². The zero-order chi connectivity index (χ0) is 15.8.